The first kappa shape index (κ1) is 33.3. The molecule has 3 N–H and O–H groups in total. The molecule has 0 spiro atoms. The Kier molecular flexibility index (Phi) is 13.3. The zero-order valence-electron chi connectivity index (χ0n) is 26.3. The number of urea groups is 1. The molecule has 2 fully saturated rings. The van der Waals surface area contributed by atoms with Crippen molar-refractivity contribution in [2.75, 3.05) is 52.5 Å². The van der Waals surface area contributed by atoms with Crippen LogP contribution >= 0.6 is 0 Å². The van der Waals surface area contributed by atoms with E-state index < -0.39 is 12.1 Å². The van der Waals surface area contributed by atoms with Gasteiger partial charge < -0.3 is 35.2 Å². The molecule has 4 amide bonds. The number of amides is 4. The van der Waals surface area contributed by atoms with E-state index in [9.17, 15) is 14.4 Å². The molecular formula is C34H49N5O5. The summed E-state index contributed by atoms with van der Waals surface area (Å²) in [7, 11) is 0. The normalized spacial score (nSPS) is 17.0. The average Bonchev–Trinajstić information content (AvgIpc) is 3.05. The van der Waals surface area contributed by atoms with Gasteiger partial charge in [-0.1, -0.05) is 62.7 Å². The largest absolute Gasteiger partial charge is 0.489 e. The molecule has 44 heavy (non-hydrogen) atoms. The van der Waals surface area contributed by atoms with Gasteiger partial charge in [0.05, 0.1) is 13.2 Å². The maximum atomic E-state index is 13.6. The van der Waals surface area contributed by atoms with Gasteiger partial charge in [-0.15, -0.1) is 0 Å². The second-order valence-corrected chi connectivity index (χ2v) is 12.1. The number of rotatable bonds is 14. The molecule has 10 heteroatoms. The molecule has 240 valence electrons. The Bertz CT molecular complexity index is 1160. The number of nitrogens with one attached hydrogen (secondary N) is 3. The van der Waals surface area contributed by atoms with Crippen LogP contribution in [0.5, 0.6) is 5.75 Å². The second-order valence-electron chi connectivity index (χ2n) is 12.1. The number of hydrogen-bond acceptors (Lipinski definition) is 6. The van der Waals surface area contributed by atoms with Gasteiger partial charge in [0.25, 0.3) is 0 Å². The summed E-state index contributed by atoms with van der Waals surface area (Å²) >= 11 is 0. The number of hydrogen-bond donors (Lipinski definition) is 3. The number of ether oxygens (including phenoxy) is 2. The molecule has 2 saturated heterocycles. The Morgan fingerprint density at radius 2 is 1.52 bits per heavy atom. The molecule has 0 bridgehead atoms. The summed E-state index contributed by atoms with van der Waals surface area (Å²) in [5.74, 6) is 0.296. The first-order valence-corrected chi connectivity index (χ1v) is 16.1. The molecule has 0 aliphatic carbocycles. The van der Waals surface area contributed by atoms with E-state index in [1.165, 1.54) is 19.3 Å². The summed E-state index contributed by atoms with van der Waals surface area (Å²) in [6.45, 7) is 9.79. The summed E-state index contributed by atoms with van der Waals surface area (Å²) in [6.07, 6.45) is 4.40. The lowest BCUT2D eigenvalue weighted by Crippen LogP contribution is -2.57. The number of carbonyl (C=O) groups is 3. The van der Waals surface area contributed by atoms with Gasteiger partial charge in [-0.2, -0.15) is 0 Å². The van der Waals surface area contributed by atoms with Crippen LogP contribution in [0, 0.1) is 5.92 Å². The Labute approximate surface area is 261 Å². The van der Waals surface area contributed by atoms with Crippen LogP contribution in [0.2, 0.25) is 0 Å². The van der Waals surface area contributed by atoms with Crippen molar-refractivity contribution in [3.05, 3.63) is 65.7 Å². The topological polar surface area (TPSA) is 112 Å². The van der Waals surface area contributed by atoms with Gasteiger partial charge in [-0.3, -0.25) is 9.59 Å². The molecule has 0 radical (unpaired) electrons. The SMILES string of the molecule is CC(C)C[C@H](NC(=O)N1CCOCC1)C(=O)N[C@@H](Cc1ccc(OCc2ccccc2)cc1)C(=O)NCCN1CCCCC1. The fraction of sp³-hybridized carbons (Fsp3) is 0.559. The van der Waals surface area contributed by atoms with Crippen molar-refractivity contribution in [3.63, 3.8) is 0 Å². The van der Waals surface area contributed by atoms with Gasteiger partial charge in [0, 0.05) is 32.6 Å². The highest BCUT2D eigenvalue weighted by molar-refractivity contribution is 5.92. The molecule has 2 aliphatic heterocycles. The van der Waals surface area contributed by atoms with Crippen LogP contribution in [0.25, 0.3) is 0 Å². The minimum Gasteiger partial charge on any atom is -0.489 e. The van der Waals surface area contributed by atoms with E-state index in [2.05, 4.69) is 20.9 Å². The summed E-state index contributed by atoms with van der Waals surface area (Å²) in [4.78, 5) is 44.1. The van der Waals surface area contributed by atoms with Crippen molar-refractivity contribution in [1.29, 1.82) is 0 Å². The van der Waals surface area contributed by atoms with Crippen LogP contribution in [0.3, 0.4) is 0 Å². The number of benzene rings is 2. The second kappa shape index (κ2) is 17.6. The zero-order valence-corrected chi connectivity index (χ0v) is 26.3. The van der Waals surface area contributed by atoms with Crippen LogP contribution in [0.15, 0.2) is 54.6 Å². The number of nitrogens with zero attached hydrogens (tertiary/aromatic N) is 2. The third-order valence-electron chi connectivity index (χ3n) is 8.04. The lowest BCUT2D eigenvalue weighted by Gasteiger charge is -2.30. The highest BCUT2D eigenvalue weighted by atomic mass is 16.5. The summed E-state index contributed by atoms with van der Waals surface area (Å²) in [5.41, 5.74) is 1.98. The third kappa shape index (κ3) is 11.1. The molecule has 0 aromatic heterocycles. The molecule has 4 rings (SSSR count). The van der Waals surface area contributed by atoms with Crippen molar-refractivity contribution >= 4 is 17.8 Å². The van der Waals surface area contributed by atoms with Crippen molar-refractivity contribution < 1.29 is 23.9 Å². The van der Waals surface area contributed by atoms with Gasteiger partial charge in [-0.05, 0) is 61.5 Å². The quantitative estimate of drug-likeness (QED) is 0.304. The first-order valence-electron chi connectivity index (χ1n) is 16.1. The lowest BCUT2D eigenvalue weighted by molar-refractivity contribution is -0.130. The summed E-state index contributed by atoms with van der Waals surface area (Å²) < 4.78 is 11.3. The van der Waals surface area contributed by atoms with Crippen LogP contribution in [-0.2, 0) is 27.4 Å². The molecule has 2 aliphatic rings. The van der Waals surface area contributed by atoms with Crippen LogP contribution in [0.1, 0.15) is 50.7 Å². The first-order chi connectivity index (χ1) is 21.4. The van der Waals surface area contributed by atoms with E-state index in [0.29, 0.717) is 52.3 Å². The molecule has 10 nitrogen and oxygen atoms in total. The van der Waals surface area contributed by atoms with E-state index in [1.807, 2.05) is 68.4 Å². The molecule has 2 atom stereocenters. The lowest BCUT2D eigenvalue weighted by atomic mass is 10.0. The number of likely N-dealkylation sites (tertiary alicyclic amines) is 1. The Morgan fingerprint density at radius 1 is 0.818 bits per heavy atom. The summed E-state index contributed by atoms with van der Waals surface area (Å²) in [5, 5.41) is 8.93. The minimum absolute atomic E-state index is 0.163. The van der Waals surface area contributed by atoms with Crippen LogP contribution < -0.4 is 20.7 Å². The van der Waals surface area contributed by atoms with Crippen LogP contribution in [-0.4, -0.2) is 92.2 Å². The standard InChI is InChI=1S/C34H49N5O5/c1-26(2)23-30(37-34(42)39-19-21-43-22-20-39)33(41)36-31(32(40)35-15-18-38-16-7-4-8-17-38)24-27-11-13-29(14-12-27)44-25-28-9-5-3-6-10-28/h3,5-6,9-14,26,30-31H,4,7-8,15-25H2,1-2H3,(H,35,40)(H,36,41)(H,37,42)/t30-,31-/m0/s1. The van der Waals surface area contributed by atoms with Gasteiger partial charge >= 0.3 is 6.03 Å². The van der Waals surface area contributed by atoms with Crippen molar-refractivity contribution in [2.45, 2.75) is 64.6 Å². The summed E-state index contributed by atoms with van der Waals surface area (Å²) in [6, 6.07) is 15.7. The van der Waals surface area contributed by atoms with Gasteiger partial charge in [0.15, 0.2) is 0 Å². The Balaban J connectivity index is 1.40. The Hall–Kier alpha value is -3.63. The molecule has 2 aromatic carbocycles. The molecule has 2 heterocycles. The molecule has 0 saturated carbocycles. The fourth-order valence-electron chi connectivity index (χ4n) is 5.53. The minimum atomic E-state index is -0.796. The average molecular weight is 608 g/mol. The van der Waals surface area contributed by atoms with E-state index in [0.717, 1.165) is 36.5 Å². The van der Waals surface area contributed by atoms with E-state index in [1.54, 1.807) is 4.90 Å². The van der Waals surface area contributed by atoms with Gasteiger partial charge in [0.1, 0.15) is 24.4 Å². The highest BCUT2D eigenvalue weighted by Gasteiger charge is 2.29. The van der Waals surface area contributed by atoms with E-state index in [-0.39, 0.29) is 23.8 Å². The molecule has 0 unspecified atom stereocenters. The molecular weight excluding hydrogens is 558 g/mol. The monoisotopic (exact) mass is 607 g/mol. The zero-order chi connectivity index (χ0) is 31.1. The predicted molar refractivity (Wildman–Crippen MR) is 170 cm³/mol. The van der Waals surface area contributed by atoms with Crippen molar-refractivity contribution in [3.8, 4) is 5.75 Å². The Morgan fingerprint density at radius 3 is 2.20 bits per heavy atom. The smallest absolute Gasteiger partial charge is 0.318 e. The van der Waals surface area contributed by atoms with Crippen molar-refractivity contribution in [1.82, 2.24) is 25.8 Å². The fourth-order valence-corrected chi connectivity index (χ4v) is 5.53. The van der Waals surface area contributed by atoms with Gasteiger partial charge in [-0.25, -0.2) is 4.79 Å². The molecule has 2 aromatic rings. The highest BCUT2D eigenvalue weighted by Crippen LogP contribution is 2.16. The van der Waals surface area contributed by atoms with Crippen molar-refractivity contribution in [2.24, 2.45) is 5.92 Å². The number of piperidine rings is 1. The third-order valence-corrected chi connectivity index (χ3v) is 8.04. The van der Waals surface area contributed by atoms with Crippen LogP contribution in [0.4, 0.5) is 4.79 Å². The predicted octanol–water partition coefficient (Wildman–Crippen LogP) is 3.35. The maximum Gasteiger partial charge on any atom is 0.318 e. The number of morpholine rings is 1. The van der Waals surface area contributed by atoms with E-state index in [4.69, 9.17) is 9.47 Å². The van der Waals surface area contributed by atoms with E-state index >= 15 is 0 Å². The number of carbonyl (C=O) groups excluding carboxylic acids is 3. The van der Waals surface area contributed by atoms with Gasteiger partial charge in [0.2, 0.25) is 11.8 Å². The maximum absolute atomic E-state index is 13.6.